The van der Waals surface area contributed by atoms with Crippen molar-refractivity contribution in [2.75, 3.05) is 54.9 Å². The zero-order valence-electron chi connectivity index (χ0n) is 33.0. The van der Waals surface area contributed by atoms with Gasteiger partial charge in [-0.1, -0.05) is 13.0 Å². The van der Waals surface area contributed by atoms with Crippen molar-refractivity contribution in [3.8, 4) is 11.8 Å². The number of alkyl halides is 3. The predicted molar refractivity (Wildman–Crippen MR) is 214 cm³/mol. The molecule has 3 aliphatic heterocycles. The summed E-state index contributed by atoms with van der Waals surface area (Å²) in [6.45, 7) is 10.5. The highest BCUT2D eigenvalue weighted by Gasteiger charge is 2.53. The number of hydrogen-bond donors (Lipinski definition) is 3. The number of piperidine rings is 1. The van der Waals surface area contributed by atoms with Crippen LogP contribution in [0.3, 0.4) is 0 Å². The van der Waals surface area contributed by atoms with E-state index in [0.717, 1.165) is 35.1 Å². The average molecular weight is 835 g/mol. The molecule has 2 atom stereocenters. The number of carbonyl (C=O) groups is 5. The molecule has 0 spiro atoms. The Bertz CT molecular complexity index is 2180. The fourth-order valence-electron chi connectivity index (χ4n) is 7.31. The first kappa shape index (κ1) is 43.0. The monoisotopic (exact) mass is 834 g/mol. The first-order chi connectivity index (χ1) is 28.0. The second kappa shape index (κ2) is 17.7. The summed E-state index contributed by atoms with van der Waals surface area (Å²) in [5.41, 5.74) is -0.579. The van der Waals surface area contributed by atoms with Crippen LogP contribution in [0, 0.1) is 11.3 Å². The number of urea groups is 1. The Balaban J connectivity index is 0.997. The summed E-state index contributed by atoms with van der Waals surface area (Å²) in [6.07, 6.45) is -3.58. The number of imide groups is 2. The second-order valence-electron chi connectivity index (χ2n) is 15.1. The molecule has 6 amide bonds. The largest absolute Gasteiger partial charge is 0.492 e. The van der Waals surface area contributed by atoms with Gasteiger partial charge in [0.1, 0.15) is 23.9 Å². The SMILES string of the molecule is CCc1cc(N2C(=O)N(Sc3ccc(C#N)c(C(F)(F)F)c3)C(=O)C2(C)C)ccc1OCCN1CCN(CC(=O)Nc2cccc(NC3CCC(=O)NC3=O)c2)[C@@H](C)C1. The molecule has 1 unspecified atom stereocenters. The number of rotatable bonds is 13. The highest BCUT2D eigenvalue weighted by molar-refractivity contribution is 7.98. The molecule has 3 N–H and O–H groups in total. The molecule has 3 saturated heterocycles. The fourth-order valence-corrected chi connectivity index (χ4v) is 8.29. The average Bonchev–Trinajstić information content (AvgIpc) is 3.35. The van der Waals surface area contributed by atoms with Crippen molar-refractivity contribution in [1.29, 1.82) is 5.26 Å². The van der Waals surface area contributed by atoms with Crippen LogP contribution >= 0.6 is 11.9 Å². The quantitative estimate of drug-likeness (QED) is 0.111. The molecule has 3 fully saturated rings. The van der Waals surface area contributed by atoms with Crippen molar-refractivity contribution in [2.24, 2.45) is 0 Å². The van der Waals surface area contributed by atoms with Crippen LogP contribution in [0.1, 0.15) is 57.2 Å². The molecule has 0 bridgehead atoms. The number of nitriles is 1. The number of amides is 6. The Hall–Kier alpha value is -5.64. The molecular weight excluding hydrogens is 790 g/mol. The summed E-state index contributed by atoms with van der Waals surface area (Å²) in [6, 6.07) is 15.7. The molecule has 3 aliphatic rings. The summed E-state index contributed by atoms with van der Waals surface area (Å²) in [5, 5.41) is 17.5. The molecule has 0 aliphatic carbocycles. The van der Waals surface area contributed by atoms with E-state index >= 15 is 0 Å². The van der Waals surface area contributed by atoms with Crippen molar-refractivity contribution in [3.63, 3.8) is 0 Å². The molecular formula is C41H45F3N8O6S. The van der Waals surface area contributed by atoms with Crippen LogP contribution in [0.5, 0.6) is 5.75 Å². The standard InChI is InChI=1S/C41H45F3N8O6S/c1-5-26-19-30(51-39(57)52(38(56)40(51,3)4)59-31-11-9-27(22-45)32(21-31)41(42,43)44)10-13-34(26)58-18-17-49-15-16-50(25(2)23-49)24-36(54)47-29-8-6-7-28(20-29)46-33-12-14-35(53)48-37(33)55/h6-11,13,19-21,25,33,46H,5,12,14-18,23-24H2,1-4H3,(H,47,54)(H,48,53,55)/t25-,33?/m0/s1. The zero-order valence-corrected chi connectivity index (χ0v) is 33.8. The molecule has 3 heterocycles. The van der Waals surface area contributed by atoms with Crippen LogP contribution in [-0.2, 0) is 31.8 Å². The minimum atomic E-state index is -4.79. The van der Waals surface area contributed by atoms with Gasteiger partial charge < -0.3 is 15.4 Å². The highest BCUT2D eigenvalue weighted by atomic mass is 32.2. The van der Waals surface area contributed by atoms with Crippen LogP contribution in [0.25, 0.3) is 0 Å². The normalized spacial score (nSPS) is 20.0. The van der Waals surface area contributed by atoms with Gasteiger partial charge in [0.25, 0.3) is 5.91 Å². The molecule has 0 saturated carbocycles. The van der Waals surface area contributed by atoms with Crippen molar-refractivity contribution in [2.45, 2.75) is 75.7 Å². The molecule has 312 valence electrons. The summed E-state index contributed by atoms with van der Waals surface area (Å²) in [7, 11) is 0. The number of piperazine rings is 1. The number of ether oxygens (including phenoxy) is 1. The van der Waals surface area contributed by atoms with E-state index in [9.17, 15) is 37.1 Å². The topological polar surface area (TPSA) is 167 Å². The summed E-state index contributed by atoms with van der Waals surface area (Å²) in [5.74, 6) is -0.811. The first-order valence-corrected chi connectivity index (χ1v) is 20.0. The van der Waals surface area contributed by atoms with Gasteiger partial charge in [-0.25, -0.2) is 4.79 Å². The van der Waals surface area contributed by atoms with E-state index in [1.165, 1.54) is 17.0 Å². The van der Waals surface area contributed by atoms with Crippen molar-refractivity contribution in [1.82, 2.24) is 19.4 Å². The van der Waals surface area contributed by atoms with Crippen LogP contribution in [0.4, 0.5) is 35.0 Å². The molecule has 59 heavy (non-hydrogen) atoms. The van der Waals surface area contributed by atoms with E-state index < -0.39 is 40.8 Å². The van der Waals surface area contributed by atoms with E-state index in [-0.39, 0.29) is 41.6 Å². The molecule has 18 heteroatoms. The second-order valence-corrected chi connectivity index (χ2v) is 16.1. The van der Waals surface area contributed by atoms with Crippen molar-refractivity contribution >= 4 is 58.7 Å². The lowest BCUT2D eigenvalue weighted by atomic mass is 10.0. The number of aryl methyl sites for hydroxylation is 1. The van der Waals surface area contributed by atoms with E-state index in [0.29, 0.717) is 67.3 Å². The lowest BCUT2D eigenvalue weighted by Gasteiger charge is -2.39. The van der Waals surface area contributed by atoms with Crippen molar-refractivity contribution in [3.05, 3.63) is 77.4 Å². The van der Waals surface area contributed by atoms with E-state index in [4.69, 9.17) is 10.00 Å². The van der Waals surface area contributed by atoms with Gasteiger partial charge in [-0.15, -0.1) is 0 Å². The molecule has 0 aromatic heterocycles. The molecule has 14 nitrogen and oxygen atoms in total. The van der Waals surface area contributed by atoms with Gasteiger partial charge in [0, 0.05) is 60.6 Å². The third-order valence-electron chi connectivity index (χ3n) is 10.5. The maximum atomic E-state index is 13.7. The van der Waals surface area contributed by atoms with Crippen LogP contribution in [0.2, 0.25) is 0 Å². The minimum Gasteiger partial charge on any atom is -0.492 e. The van der Waals surface area contributed by atoms with E-state index in [2.05, 4.69) is 32.7 Å². The smallest absolute Gasteiger partial charge is 0.417 e. The number of carbonyl (C=O) groups excluding carboxylic acids is 5. The Morgan fingerprint density at radius 1 is 1.05 bits per heavy atom. The summed E-state index contributed by atoms with van der Waals surface area (Å²) in [4.78, 5) is 69.5. The molecule has 0 radical (unpaired) electrons. The first-order valence-electron chi connectivity index (χ1n) is 19.2. The minimum absolute atomic E-state index is 0.0175. The van der Waals surface area contributed by atoms with Crippen LogP contribution in [-0.4, -0.2) is 101 Å². The van der Waals surface area contributed by atoms with Crippen LogP contribution in [0.15, 0.2) is 65.6 Å². The van der Waals surface area contributed by atoms with Crippen LogP contribution < -0.4 is 25.6 Å². The zero-order chi connectivity index (χ0) is 42.6. The van der Waals surface area contributed by atoms with E-state index in [1.807, 2.05) is 6.92 Å². The van der Waals surface area contributed by atoms with Gasteiger partial charge in [0.05, 0.1) is 23.7 Å². The molecule has 3 aromatic carbocycles. The third-order valence-corrected chi connectivity index (χ3v) is 11.5. The van der Waals surface area contributed by atoms with Gasteiger partial charge in [-0.2, -0.15) is 22.7 Å². The third kappa shape index (κ3) is 9.81. The Morgan fingerprint density at radius 3 is 2.51 bits per heavy atom. The number of hydrogen-bond acceptors (Lipinski definition) is 11. The predicted octanol–water partition coefficient (Wildman–Crippen LogP) is 5.63. The van der Waals surface area contributed by atoms with Gasteiger partial charge in [0.15, 0.2) is 0 Å². The lowest BCUT2D eigenvalue weighted by molar-refractivity contribution is -0.138. The Labute approximate surface area is 344 Å². The fraction of sp³-hybridized carbons (Fsp3) is 0.415. The number of nitrogens with zero attached hydrogens (tertiary/aromatic N) is 5. The molecule has 6 rings (SSSR count). The maximum absolute atomic E-state index is 13.7. The Morgan fingerprint density at radius 2 is 1.81 bits per heavy atom. The number of anilines is 3. The summed E-state index contributed by atoms with van der Waals surface area (Å²) < 4.78 is 47.9. The van der Waals surface area contributed by atoms with Gasteiger partial charge >= 0.3 is 12.2 Å². The number of halogens is 3. The molecule has 3 aromatic rings. The highest BCUT2D eigenvalue weighted by Crippen LogP contribution is 2.42. The number of nitrogens with one attached hydrogen (secondary N) is 3. The Kier molecular flexibility index (Phi) is 12.9. The van der Waals surface area contributed by atoms with Gasteiger partial charge in [0.2, 0.25) is 17.7 Å². The van der Waals surface area contributed by atoms with E-state index in [1.54, 1.807) is 56.3 Å². The van der Waals surface area contributed by atoms with Gasteiger partial charge in [-0.05, 0) is 106 Å². The van der Waals surface area contributed by atoms with Crippen molar-refractivity contribution < 1.29 is 41.9 Å². The van der Waals surface area contributed by atoms with Gasteiger partial charge in [-0.3, -0.25) is 39.2 Å². The number of benzene rings is 3. The summed E-state index contributed by atoms with van der Waals surface area (Å²) >= 11 is 0.575. The maximum Gasteiger partial charge on any atom is 0.417 e. The lowest BCUT2D eigenvalue weighted by Crippen LogP contribution is -2.54.